The third-order valence-electron chi connectivity index (χ3n) is 3.08. The molecule has 19 heavy (non-hydrogen) atoms. The molecule has 6 nitrogen and oxygen atoms in total. The number of hydrogen-bond acceptors (Lipinski definition) is 4. The summed E-state index contributed by atoms with van der Waals surface area (Å²) in [7, 11) is 1.96. The molecule has 1 heterocycles. The van der Waals surface area contributed by atoms with Gasteiger partial charge in [0.2, 0.25) is 0 Å². The molecule has 0 radical (unpaired) electrons. The van der Waals surface area contributed by atoms with E-state index >= 15 is 0 Å². The van der Waals surface area contributed by atoms with Gasteiger partial charge in [0.1, 0.15) is 5.60 Å². The Morgan fingerprint density at radius 1 is 1.42 bits per heavy atom. The molecule has 110 valence electrons. The number of nitrogens with zero attached hydrogens (tertiary/aromatic N) is 1. The number of piperidine rings is 1. The molecular formula is C13H24N2O4. The van der Waals surface area contributed by atoms with Gasteiger partial charge in [0.25, 0.3) is 0 Å². The number of rotatable bonds is 3. The van der Waals surface area contributed by atoms with E-state index < -0.39 is 17.7 Å². The van der Waals surface area contributed by atoms with Crippen LogP contribution in [-0.2, 0) is 9.53 Å². The van der Waals surface area contributed by atoms with Gasteiger partial charge < -0.3 is 20.1 Å². The summed E-state index contributed by atoms with van der Waals surface area (Å²) in [5.74, 6) is -0.917. The Bertz CT molecular complexity index is 338. The topological polar surface area (TPSA) is 78.9 Å². The molecule has 2 N–H and O–H groups in total. The number of amides is 1. The Morgan fingerprint density at radius 2 is 2.05 bits per heavy atom. The highest BCUT2D eigenvalue weighted by Gasteiger charge is 2.31. The highest BCUT2D eigenvalue weighted by Crippen LogP contribution is 2.20. The van der Waals surface area contributed by atoms with Crippen LogP contribution in [-0.4, -0.2) is 53.8 Å². The van der Waals surface area contributed by atoms with E-state index in [1.165, 1.54) is 0 Å². The van der Waals surface area contributed by atoms with Crippen LogP contribution in [0.4, 0.5) is 4.79 Å². The lowest BCUT2D eigenvalue weighted by Crippen LogP contribution is -2.51. The summed E-state index contributed by atoms with van der Waals surface area (Å²) in [4.78, 5) is 24.7. The highest BCUT2D eigenvalue weighted by atomic mass is 16.6. The largest absolute Gasteiger partial charge is 0.481 e. The van der Waals surface area contributed by atoms with E-state index in [2.05, 4.69) is 10.2 Å². The van der Waals surface area contributed by atoms with Gasteiger partial charge in [-0.25, -0.2) is 4.79 Å². The van der Waals surface area contributed by atoms with Gasteiger partial charge >= 0.3 is 12.1 Å². The first-order chi connectivity index (χ1) is 8.67. The Labute approximate surface area is 114 Å². The van der Waals surface area contributed by atoms with Gasteiger partial charge in [-0.05, 0) is 40.8 Å². The van der Waals surface area contributed by atoms with E-state index in [1.807, 2.05) is 7.05 Å². The summed E-state index contributed by atoms with van der Waals surface area (Å²) in [6.07, 6.45) is 0.329. The molecule has 1 aliphatic heterocycles. The van der Waals surface area contributed by atoms with E-state index in [-0.39, 0.29) is 18.4 Å². The third kappa shape index (κ3) is 5.92. The standard InChI is InChI=1S/C13H24N2O4/c1-13(2,3)19-12(18)14-10-5-6-15(4)8-9(10)7-11(16)17/h9-10H,5-8H2,1-4H3,(H,14,18)(H,16,17)/t9-,10+/m0/s1. The van der Waals surface area contributed by atoms with Gasteiger partial charge in [-0.3, -0.25) is 4.79 Å². The van der Waals surface area contributed by atoms with Crippen LogP contribution in [0.1, 0.15) is 33.6 Å². The van der Waals surface area contributed by atoms with Gasteiger partial charge in [0, 0.05) is 18.5 Å². The predicted molar refractivity (Wildman–Crippen MR) is 71.0 cm³/mol. The fourth-order valence-electron chi connectivity index (χ4n) is 2.29. The third-order valence-corrected chi connectivity index (χ3v) is 3.08. The minimum atomic E-state index is -0.837. The van der Waals surface area contributed by atoms with Crippen LogP contribution in [0.25, 0.3) is 0 Å². The zero-order valence-corrected chi connectivity index (χ0v) is 12.1. The van der Waals surface area contributed by atoms with Crippen LogP contribution in [0.3, 0.4) is 0 Å². The molecule has 0 saturated carbocycles. The Morgan fingerprint density at radius 3 is 2.58 bits per heavy atom. The number of nitrogens with one attached hydrogen (secondary N) is 1. The van der Waals surface area contributed by atoms with Crippen molar-refractivity contribution in [1.29, 1.82) is 0 Å². The SMILES string of the molecule is CN1CC[C@@H](NC(=O)OC(C)(C)C)[C@@H](CC(=O)O)C1. The van der Waals surface area contributed by atoms with E-state index in [9.17, 15) is 9.59 Å². The average molecular weight is 272 g/mol. The molecule has 0 aromatic carbocycles. The number of carboxylic acid groups (broad SMARTS) is 1. The predicted octanol–water partition coefficient (Wildman–Crippen LogP) is 1.31. The Kier molecular flexibility index (Phi) is 5.17. The lowest BCUT2D eigenvalue weighted by atomic mass is 9.89. The molecule has 1 rings (SSSR count). The van der Waals surface area contributed by atoms with E-state index in [4.69, 9.17) is 9.84 Å². The second-order valence-corrected chi connectivity index (χ2v) is 6.16. The zero-order valence-electron chi connectivity index (χ0n) is 12.1. The van der Waals surface area contributed by atoms with Crippen molar-refractivity contribution in [2.75, 3.05) is 20.1 Å². The van der Waals surface area contributed by atoms with Crippen molar-refractivity contribution in [2.45, 2.75) is 45.3 Å². The first-order valence-electron chi connectivity index (χ1n) is 6.57. The van der Waals surface area contributed by atoms with Gasteiger partial charge in [0.15, 0.2) is 0 Å². The van der Waals surface area contributed by atoms with Crippen molar-refractivity contribution in [1.82, 2.24) is 10.2 Å². The summed E-state index contributed by atoms with van der Waals surface area (Å²) < 4.78 is 5.21. The van der Waals surface area contributed by atoms with E-state index in [0.29, 0.717) is 6.54 Å². The van der Waals surface area contributed by atoms with Crippen molar-refractivity contribution in [3.05, 3.63) is 0 Å². The quantitative estimate of drug-likeness (QED) is 0.809. The average Bonchev–Trinajstić information content (AvgIpc) is 2.18. The fraction of sp³-hybridized carbons (Fsp3) is 0.846. The molecule has 1 fully saturated rings. The molecule has 6 heteroatoms. The second-order valence-electron chi connectivity index (χ2n) is 6.16. The summed E-state index contributed by atoms with van der Waals surface area (Å²) in [5, 5.41) is 11.7. The minimum absolute atomic E-state index is 0.0603. The van der Waals surface area contributed by atoms with E-state index in [1.54, 1.807) is 20.8 Å². The molecule has 1 amide bonds. The Balaban J connectivity index is 2.58. The molecule has 0 aromatic heterocycles. The van der Waals surface area contributed by atoms with Crippen molar-refractivity contribution in [3.8, 4) is 0 Å². The van der Waals surface area contributed by atoms with Gasteiger partial charge in [-0.15, -0.1) is 0 Å². The number of carbonyl (C=O) groups is 2. The number of ether oxygens (including phenoxy) is 1. The maximum Gasteiger partial charge on any atom is 0.407 e. The maximum absolute atomic E-state index is 11.7. The summed E-state index contributed by atoms with van der Waals surface area (Å²) >= 11 is 0. The molecule has 2 atom stereocenters. The van der Waals surface area contributed by atoms with Crippen molar-refractivity contribution < 1.29 is 19.4 Å². The van der Waals surface area contributed by atoms with Crippen LogP contribution in [0, 0.1) is 5.92 Å². The van der Waals surface area contributed by atoms with Crippen molar-refractivity contribution in [3.63, 3.8) is 0 Å². The first-order valence-corrected chi connectivity index (χ1v) is 6.57. The number of aliphatic carboxylic acids is 1. The molecule has 0 spiro atoms. The minimum Gasteiger partial charge on any atom is -0.481 e. The summed E-state index contributed by atoms with van der Waals surface area (Å²) in [6.45, 7) is 6.92. The van der Waals surface area contributed by atoms with Crippen LogP contribution in [0.5, 0.6) is 0 Å². The normalized spacial score (nSPS) is 24.8. The smallest absolute Gasteiger partial charge is 0.407 e. The summed E-state index contributed by atoms with van der Waals surface area (Å²) in [5.41, 5.74) is -0.544. The second kappa shape index (κ2) is 6.23. The molecular weight excluding hydrogens is 248 g/mol. The van der Waals surface area contributed by atoms with Crippen LogP contribution in [0.15, 0.2) is 0 Å². The molecule has 0 bridgehead atoms. The van der Waals surface area contributed by atoms with Gasteiger partial charge in [-0.2, -0.15) is 0 Å². The molecule has 0 aliphatic carbocycles. The fourth-order valence-corrected chi connectivity index (χ4v) is 2.29. The number of alkyl carbamates (subject to hydrolysis) is 1. The molecule has 1 aliphatic rings. The molecule has 0 aromatic rings. The van der Waals surface area contributed by atoms with Crippen molar-refractivity contribution in [2.24, 2.45) is 5.92 Å². The number of carbonyl (C=O) groups excluding carboxylic acids is 1. The van der Waals surface area contributed by atoms with Crippen LogP contribution < -0.4 is 5.32 Å². The van der Waals surface area contributed by atoms with Crippen LogP contribution in [0.2, 0.25) is 0 Å². The van der Waals surface area contributed by atoms with Gasteiger partial charge in [-0.1, -0.05) is 0 Å². The maximum atomic E-state index is 11.7. The summed E-state index contributed by atoms with van der Waals surface area (Å²) in [6, 6.07) is -0.137. The highest BCUT2D eigenvalue weighted by molar-refractivity contribution is 5.69. The van der Waals surface area contributed by atoms with Crippen molar-refractivity contribution >= 4 is 12.1 Å². The number of carboxylic acids is 1. The van der Waals surface area contributed by atoms with Crippen LogP contribution >= 0.6 is 0 Å². The lowest BCUT2D eigenvalue weighted by Gasteiger charge is -2.36. The van der Waals surface area contributed by atoms with E-state index in [0.717, 1.165) is 13.0 Å². The Hall–Kier alpha value is -1.30. The monoisotopic (exact) mass is 272 g/mol. The number of hydrogen-bond donors (Lipinski definition) is 2. The molecule has 1 saturated heterocycles. The zero-order chi connectivity index (χ0) is 14.6. The lowest BCUT2D eigenvalue weighted by molar-refractivity contribution is -0.138. The number of likely N-dealkylation sites (tertiary alicyclic amines) is 1. The molecule has 0 unspecified atom stereocenters. The first kappa shape index (κ1) is 15.8. The van der Waals surface area contributed by atoms with Gasteiger partial charge in [0.05, 0.1) is 6.42 Å².